The summed E-state index contributed by atoms with van der Waals surface area (Å²) in [5.41, 5.74) is 0. The van der Waals surface area contributed by atoms with Crippen LogP contribution in [0, 0.1) is 0 Å². The van der Waals surface area contributed by atoms with E-state index in [0.717, 1.165) is 23.9 Å². The molecule has 0 spiro atoms. The molecule has 0 heterocycles. The van der Waals surface area contributed by atoms with Gasteiger partial charge in [0.1, 0.15) is 13.6 Å². The second-order valence-electron chi connectivity index (χ2n) is 4.81. The fourth-order valence-electron chi connectivity index (χ4n) is 2.33. The SMILES string of the molecule is CCC(CC)(Oc1ccccc1)[PH](=O)c1ccccc1. The van der Waals surface area contributed by atoms with E-state index in [0.29, 0.717) is 0 Å². The zero-order valence-corrected chi connectivity index (χ0v) is 13.0. The van der Waals surface area contributed by atoms with E-state index in [1.54, 1.807) is 0 Å². The van der Waals surface area contributed by atoms with Crippen LogP contribution in [0.25, 0.3) is 0 Å². The molecule has 0 aromatic heterocycles. The molecular formula is C17H21O2P. The van der Waals surface area contributed by atoms with Gasteiger partial charge in [0, 0.05) is 5.30 Å². The molecule has 0 aliphatic rings. The van der Waals surface area contributed by atoms with E-state index in [2.05, 4.69) is 0 Å². The van der Waals surface area contributed by atoms with E-state index in [9.17, 15) is 4.57 Å². The van der Waals surface area contributed by atoms with Crippen molar-refractivity contribution in [1.29, 1.82) is 0 Å². The van der Waals surface area contributed by atoms with E-state index >= 15 is 0 Å². The van der Waals surface area contributed by atoms with Crippen LogP contribution in [0.5, 0.6) is 5.75 Å². The number of benzene rings is 2. The van der Waals surface area contributed by atoms with Crippen LogP contribution < -0.4 is 10.0 Å². The number of para-hydroxylation sites is 1. The van der Waals surface area contributed by atoms with E-state index in [-0.39, 0.29) is 0 Å². The monoisotopic (exact) mass is 288 g/mol. The average molecular weight is 288 g/mol. The Morgan fingerprint density at radius 2 is 1.40 bits per heavy atom. The molecule has 2 nitrogen and oxygen atoms in total. The van der Waals surface area contributed by atoms with Crippen molar-refractivity contribution in [2.24, 2.45) is 0 Å². The molecule has 2 rings (SSSR count). The predicted molar refractivity (Wildman–Crippen MR) is 85.5 cm³/mol. The molecule has 0 saturated carbocycles. The van der Waals surface area contributed by atoms with Gasteiger partial charge in [-0.25, -0.2) is 0 Å². The number of hydrogen-bond acceptors (Lipinski definition) is 2. The maximum atomic E-state index is 13.0. The first-order valence-corrected chi connectivity index (χ1v) is 8.46. The summed E-state index contributed by atoms with van der Waals surface area (Å²) in [5, 5.41) is 0.282. The van der Waals surface area contributed by atoms with Gasteiger partial charge in [-0.15, -0.1) is 0 Å². The Morgan fingerprint density at radius 1 is 0.900 bits per heavy atom. The van der Waals surface area contributed by atoms with Crippen molar-refractivity contribution in [2.75, 3.05) is 0 Å². The van der Waals surface area contributed by atoms with Crippen LogP contribution in [-0.4, -0.2) is 5.34 Å². The third kappa shape index (κ3) is 3.13. The van der Waals surface area contributed by atoms with Crippen LogP contribution in [0.1, 0.15) is 26.7 Å². The van der Waals surface area contributed by atoms with Gasteiger partial charge < -0.3 is 9.30 Å². The van der Waals surface area contributed by atoms with Gasteiger partial charge in [0.25, 0.3) is 0 Å². The molecule has 3 heteroatoms. The van der Waals surface area contributed by atoms with Crippen LogP contribution in [0.3, 0.4) is 0 Å². The molecule has 2 aromatic carbocycles. The molecule has 0 aliphatic heterocycles. The molecule has 106 valence electrons. The summed E-state index contributed by atoms with van der Waals surface area (Å²) < 4.78 is 19.1. The summed E-state index contributed by atoms with van der Waals surface area (Å²) in [5.74, 6) is 0.783. The first kappa shape index (κ1) is 14.9. The van der Waals surface area contributed by atoms with Crippen LogP contribution in [-0.2, 0) is 4.57 Å². The Balaban J connectivity index is 2.32. The highest BCUT2D eigenvalue weighted by atomic mass is 31.1. The molecular weight excluding hydrogens is 267 g/mol. The normalized spacial score (nSPS) is 12.9. The first-order chi connectivity index (χ1) is 9.72. The van der Waals surface area contributed by atoms with Crippen molar-refractivity contribution in [1.82, 2.24) is 0 Å². The van der Waals surface area contributed by atoms with Crippen molar-refractivity contribution < 1.29 is 9.30 Å². The second kappa shape index (κ2) is 6.76. The van der Waals surface area contributed by atoms with Crippen molar-refractivity contribution >= 4 is 13.1 Å². The van der Waals surface area contributed by atoms with E-state index in [4.69, 9.17) is 4.74 Å². The summed E-state index contributed by atoms with van der Waals surface area (Å²) in [6.45, 7) is 4.08. The van der Waals surface area contributed by atoms with Gasteiger partial charge in [0.2, 0.25) is 0 Å². The highest BCUT2D eigenvalue weighted by Gasteiger charge is 2.36. The zero-order chi connectivity index (χ0) is 14.4. The fourth-order valence-corrected chi connectivity index (χ4v) is 4.20. The minimum absolute atomic E-state index is 0.604. The number of hydrogen-bond donors (Lipinski definition) is 0. The lowest BCUT2D eigenvalue weighted by molar-refractivity contribution is 0.147. The zero-order valence-electron chi connectivity index (χ0n) is 12.0. The fraction of sp³-hybridized carbons (Fsp3) is 0.294. The minimum atomic E-state index is -2.04. The van der Waals surface area contributed by atoms with E-state index in [1.807, 2.05) is 74.5 Å². The molecule has 0 aliphatic carbocycles. The Bertz CT molecular complexity index is 548. The predicted octanol–water partition coefficient (Wildman–Crippen LogP) is 4.47. The molecule has 0 fully saturated rings. The van der Waals surface area contributed by atoms with Crippen LogP contribution in [0.15, 0.2) is 60.7 Å². The van der Waals surface area contributed by atoms with Crippen molar-refractivity contribution in [3.8, 4) is 5.75 Å². The highest BCUT2D eigenvalue weighted by Crippen LogP contribution is 2.44. The Morgan fingerprint density at radius 3 is 1.90 bits per heavy atom. The summed E-state index contributed by atoms with van der Waals surface area (Å²) in [6, 6.07) is 19.3. The van der Waals surface area contributed by atoms with Gasteiger partial charge in [-0.1, -0.05) is 62.4 Å². The first-order valence-electron chi connectivity index (χ1n) is 7.06. The Kier molecular flexibility index (Phi) is 5.03. The third-order valence-electron chi connectivity index (χ3n) is 3.65. The summed E-state index contributed by atoms with van der Waals surface area (Å²) in [7, 11) is -2.04. The molecule has 2 aromatic rings. The second-order valence-corrected chi connectivity index (χ2v) is 6.96. The molecule has 0 N–H and O–H groups in total. The third-order valence-corrected chi connectivity index (χ3v) is 6.14. The van der Waals surface area contributed by atoms with Gasteiger partial charge >= 0.3 is 0 Å². The van der Waals surface area contributed by atoms with E-state index in [1.165, 1.54) is 0 Å². The molecule has 0 radical (unpaired) electrons. The Hall–Kier alpha value is -1.53. The van der Waals surface area contributed by atoms with E-state index < -0.39 is 13.1 Å². The van der Waals surface area contributed by atoms with Gasteiger partial charge in [-0.2, -0.15) is 0 Å². The lowest BCUT2D eigenvalue weighted by Crippen LogP contribution is -2.33. The summed E-state index contributed by atoms with van der Waals surface area (Å²) in [6.07, 6.45) is 1.45. The van der Waals surface area contributed by atoms with Gasteiger partial charge in [-0.3, -0.25) is 0 Å². The topological polar surface area (TPSA) is 26.3 Å². The van der Waals surface area contributed by atoms with Gasteiger partial charge in [0.05, 0.1) is 0 Å². The number of rotatable bonds is 6. The van der Waals surface area contributed by atoms with Gasteiger partial charge in [0.15, 0.2) is 5.34 Å². The Labute approximate surface area is 121 Å². The maximum absolute atomic E-state index is 13.0. The molecule has 20 heavy (non-hydrogen) atoms. The van der Waals surface area contributed by atoms with Gasteiger partial charge in [-0.05, 0) is 25.0 Å². The van der Waals surface area contributed by atoms with Crippen molar-refractivity contribution in [3.05, 3.63) is 60.7 Å². The quantitative estimate of drug-likeness (QED) is 0.733. The molecule has 0 bridgehead atoms. The van der Waals surface area contributed by atoms with Crippen LogP contribution >= 0.6 is 7.80 Å². The highest BCUT2D eigenvalue weighted by molar-refractivity contribution is 7.55. The van der Waals surface area contributed by atoms with Crippen LogP contribution in [0.2, 0.25) is 0 Å². The number of ether oxygens (including phenoxy) is 1. The molecule has 1 unspecified atom stereocenters. The molecule has 1 atom stereocenters. The lowest BCUT2D eigenvalue weighted by atomic mass is 10.2. The molecule has 0 amide bonds. The van der Waals surface area contributed by atoms with Crippen molar-refractivity contribution in [3.63, 3.8) is 0 Å². The minimum Gasteiger partial charge on any atom is -0.480 e. The smallest absolute Gasteiger partial charge is 0.162 e. The lowest BCUT2D eigenvalue weighted by Gasteiger charge is -2.32. The summed E-state index contributed by atoms with van der Waals surface area (Å²) >= 11 is 0. The average Bonchev–Trinajstić information content (AvgIpc) is 2.54. The van der Waals surface area contributed by atoms with Crippen LogP contribution in [0.4, 0.5) is 0 Å². The standard InChI is InChI=1S/C17H21O2P/c1-3-17(4-2,19-15-11-7-5-8-12-15)20(18)16-13-9-6-10-14-16/h5-14,20H,3-4H2,1-2H3. The molecule has 0 saturated heterocycles. The largest absolute Gasteiger partial charge is 0.480 e. The van der Waals surface area contributed by atoms with Crippen molar-refractivity contribution in [2.45, 2.75) is 32.0 Å². The maximum Gasteiger partial charge on any atom is 0.162 e. The summed E-state index contributed by atoms with van der Waals surface area (Å²) in [4.78, 5) is 0.